The lowest BCUT2D eigenvalue weighted by Crippen LogP contribution is -2.05. The van der Waals surface area contributed by atoms with Gasteiger partial charge in [0.15, 0.2) is 5.82 Å². The number of rotatable bonds is 3. The topological polar surface area (TPSA) is 42.7 Å². The van der Waals surface area contributed by atoms with Crippen LogP contribution >= 0.6 is 23.2 Å². The van der Waals surface area contributed by atoms with E-state index in [1.807, 2.05) is 23.7 Å². The summed E-state index contributed by atoms with van der Waals surface area (Å²) in [6, 6.07) is 5.45. The van der Waals surface area contributed by atoms with Crippen LogP contribution in [0.1, 0.15) is 5.82 Å². The molecule has 0 aliphatic heterocycles. The Labute approximate surface area is 103 Å². The monoisotopic (exact) mass is 256 g/mol. The third-order valence-corrected chi connectivity index (χ3v) is 3.01. The van der Waals surface area contributed by atoms with Crippen LogP contribution in [0.2, 0.25) is 10.0 Å². The molecular weight excluding hydrogens is 247 g/mol. The van der Waals surface area contributed by atoms with E-state index in [4.69, 9.17) is 23.2 Å². The zero-order valence-electron chi connectivity index (χ0n) is 8.61. The van der Waals surface area contributed by atoms with Crippen molar-refractivity contribution in [3.63, 3.8) is 0 Å². The van der Waals surface area contributed by atoms with Gasteiger partial charge in [-0.25, -0.2) is 0 Å². The second-order valence-electron chi connectivity index (χ2n) is 3.31. The Bertz CT molecular complexity index is 495. The van der Waals surface area contributed by atoms with Crippen LogP contribution < -0.4 is 5.32 Å². The van der Waals surface area contributed by atoms with Crippen molar-refractivity contribution in [1.82, 2.24) is 14.8 Å². The molecule has 0 unspecified atom stereocenters. The highest BCUT2D eigenvalue weighted by Crippen LogP contribution is 2.29. The van der Waals surface area contributed by atoms with Gasteiger partial charge in [-0.2, -0.15) is 0 Å². The highest BCUT2D eigenvalue weighted by molar-refractivity contribution is 6.43. The Kier molecular flexibility index (Phi) is 3.31. The number of nitrogens with one attached hydrogen (secondary N) is 1. The lowest BCUT2D eigenvalue weighted by molar-refractivity contribution is 0.812. The molecule has 1 N–H and O–H groups in total. The first kappa shape index (κ1) is 11.2. The van der Waals surface area contributed by atoms with E-state index in [1.165, 1.54) is 0 Å². The van der Waals surface area contributed by atoms with Gasteiger partial charge >= 0.3 is 0 Å². The van der Waals surface area contributed by atoms with Crippen molar-refractivity contribution >= 4 is 28.9 Å². The molecule has 16 heavy (non-hydrogen) atoms. The number of halogens is 2. The number of hydrogen-bond donors (Lipinski definition) is 1. The average Bonchev–Trinajstić information content (AvgIpc) is 2.67. The molecule has 84 valence electrons. The van der Waals surface area contributed by atoms with Crippen LogP contribution in [0.4, 0.5) is 5.69 Å². The molecule has 0 radical (unpaired) electrons. The maximum Gasteiger partial charge on any atom is 0.151 e. The van der Waals surface area contributed by atoms with Crippen LogP contribution in [0.3, 0.4) is 0 Å². The summed E-state index contributed by atoms with van der Waals surface area (Å²) in [4.78, 5) is 0. The standard InChI is InChI=1S/C10H10Cl2N4/c1-16-6-14-15-9(16)5-13-8-4-2-3-7(11)10(8)12/h2-4,6,13H,5H2,1H3. The van der Waals surface area contributed by atoms with Gasteiger partial charge in [0.05, 0.1) is 22.3 Å². The van der Waals surface area contributed by atoms with Gasteiger partial charge in [-0.15, -0.1) is 10.2 Å². The minimum absolute atomic E-state index is 0.520. The summed E-state index contributed by atoms with van der Waals surface area (Å²) in [5.41, 5.74) is 0.789. The van der Waals surface area contributed by atoms with Crippen molar-refractivity contribution in [3.05, 3.63) is 40.4 Å². The molecule has 1 aromatic carbocycles. The summed E-state index contributed by atoms with van der Waals surface area (Å²) in [5.74, 6) is 0.830. The summed E-state index contributed by atoms with van der Waals surface area (Å²) in [6.07, 6.45) is 1.65. The number of hydrogen-bond acceptors (Lipinski definition) is 3. The molecule has 4 nitrogen and oxygen atoms in total. The Hall–Kier alpha value is -1.26. The fourth-order valence-corrected chi connectivity index (χ4v) is 1.65. The van der Waals surface area contributed by atoms with Gasteiger partial charge in [0.25, 0.3) is 0 Å². The molecule has 0 amide bonds. The smallest absolute Gasteiger partial charge is 0.151 e. The summed E-state index contributed by atoms with van der Waals surface area (Å²) < 4.78 is 1.84. The van der Waals surface area contributed by atoms with Gasteiger partial charge < -0.3 is 9.88 Å². The molecule has 0 atom stereocenters. The first-order valence-electron chi connectivity index (χ1n) is 4.69. The average molecular weight is 257 g/mol. The predicted octanol–water partition coefficient (Wildman–Crippen LogP) is 2.73. The van der Waals surface area contributed by atoms with E-state index in [2.05, 4.69) is 15.5 Å². The first-order valence-corrected chi connectivity index (χ1v) is 5.45. The maximum atomic E-state index is 6.04. The second-order valence-corrected chi connectivity index (χ2v) is 4.10. The van der Waals surface area contributed by atoms with Crippen molar-refractivity contribution in [2.45, 2.75) is 6.54 Å². The lowest BCUT2D eigenvalue weighted by Gasteiger charge is -2.08. The van der Waals surface area contributed by atoms with Crippen LogP contribution in [-0.2, 0) is 13.6 Å². The van der Waals surface area contributed by atoms with E-state index < -0.39 is 0 Å². The Balaban J connectivity index is 2.11. The van der Waals surface area contributed by atoms with Crippen LogP contribution in [0.5, 0.6) is 0 Å². The fourth-order valence-electron chi connectivity index (χ4n) is 1.28. The Morgan fingerprint density at radius 2 is 2.19 bits per heavy atom. The third-order valence-electron chi connectivity index (χ3n) is 2.19. The number of nitrogens with zero attached hydrogens (tertiary/aromatic N) is 3. The number of aromatic nitrogens is 3. The van der Waals surface area contributed by atoms with Crippen LogP contribution in [0.15, 0.2) is 24.5 Å². The second kappa shape index (κ2) is 4.72. The summed E-state index contributed by atoms with van der Waals surface area (Å²) in [5, 5.41) is 12.0. The quantitative estimate of drug-likeness (QED) is 0.919. The van der Waals surface area contributed by atoms with Gasteiger partial charge in [-0.05, 0) is 12.1 Å². The van der Waals surface area contributed by atoms with E-state index in [1.54, 1.807) is 12.4 Å². The SMILES string of the molecule is Cn1cnnc1CNc1cccc(Cl)c1Cl. The van der Waals surface area contributed by atoms with Crippen LogP contribution in [0, 0.1) is 0 Å². The zero-order chi connectivity index (χ0) is 11.5. The molecular formula is C10H10Cl2N4. The van der Waals surface area contributed by atoms with Gasteiger partial charge in [-0.1, -0.05) is 29.3 Å². The Morgan fingerprint density at radius 1 is 1.38 bits per heavy atom. The summed E-state index contributed by atoms with van der Waals surface area (Å²) in [6.45, 7) is 0.552. The van der Waals surface area contributed by atoms with Crippen LogP contribution in [0.25, 0.3) is 0 Å². The van der Waals surface area contributed by atoms with Crippen LogP contribution in [-0.4, -0.2) is 14.8 Å². The molecule has 0 aliphatic rings. The van der Waals surface area contributed by atoms with Crippen molar-refractivity contribution < 1.29 is 0 Å². The number of aryl methyl sites for hydroxylation is 1. The van der Waals surface area contributed by atoms with Gasteiger partial charge in [0.2, 0.25) is 0 Å². The summed E-state index contributed by atoms with van der Waals surface area (Å²) in [7, 11) is 1.89. The van der Waals surface area contributed by atoms with E-state index in [0.717, 1.165) is 11.5 Å². The molecule has 0 bridgehead atoms. The molecule has 2 aromatic rings. The van der Waals surface area contributed by atoms with Gasteiger partial charge in [0.1, 0.15) is 6.33 Å². The first-order chi connectivity index (χ1) is 7.68. The maximum absolute atomic E-state index is 6.04. The molecule has 0 saturated carbocycles. The predicted molar refractivity (Wildman–Crippen MR) is 64.8 cm³/mol. The van der Waals surface area contributed by atoms with E-state index in [0.29, 0.717) is 16.6 Å². The largest absolute Gasteiger partial charge is 0.376 e. The molecule has 1 heterocycles. The number of anilines is 1. The van der Waals surface area contributed by atoms with Crippen molar-refractivity contribution in [2.24, 2.45) is 7.05 Å². The van der Waals surface area contributed by atoms with E-state index in [-0.39, 0.29) is 0 Å². The van der Waals surface area contributed by atoms with Crippen molar-refractivity contribution in [3.8, 4) is 0 Å². The van der Waals surface area contributed by atoms with E-state index >= 15 is 0 Å². The molecule has 0 saturated heterocycles. The van der Waals surface area contributed by atoms with Crippen molar-refractivity contribution in [2.75, 3.05) is 5.32 Å². The third kappa shape index (κ3) is 2.28. The minimum Gasteiger partial charge on any atom is -0.376 e. The zero-order valence-corrected chi connectivity index (χ0v) is 10.1. The highest BCUT2D eigenvalue weighted by atomic mass is 35.5. The molecule has 0 aliphatic carbocycles. The highest BCUT2D eigenvalue weighted by Gasteiger charge is 2.05. The normalized spacial score (nSPS) is 10.4. The van der Waals surface area contributed by atoms with Gasteiger partial charge in [0, 0.05) is 7.05 Å². The fraction of sp³-hybridized carbons (Fsp3) is 0.200. The lowest BCUT2D eigenvalue weighted by atomic mass is 10.3. The van der Waals surface area contributed by atoms with E-state index in [9.17, 15) is 0 Å². The minimum atomic E-state index is 0.520. The molecule has 6 heteroatoms. The number of benzene rings is 1. The summed E-state index contributed by atoms with van der Waals surface area (Å²) >= 11 is 11.9. The molecule has 2 rings (SSSR count). The molecule has 0 fully saturated rings. The van der Waals surface area contributed by atoms with Gasteiger partial charge in [-0.3, -0.25) is 0 Å². The van der Waals surface area contributed by atoms with Crippen molar-refractivity contribution in [1.29, 1.82) is 0 Å². The molecule has 1 aromatic heterocycles. The molecule has 0 spiro atoms. The Morgan fingerprint density at radius 3 is 2.88 bits per heavy atom.